The molecule has 41 heavy (non-hydrogen) atoms. The first-order valence-electron chi connectivity index (χ1n) is 15.6. The smallest absolute Gasteiger partial charge is 0.243 e. The zero-order valence-electron chi connectivity index (χ0n) is 24.5. The van der Waals surface area contributed by atoms with Crippen LogP contribution >= 0.6 is 11.8 Å². The highest BCUT2D eigenvalue weighted by Gasteiger charge is 2.31. The quantitative estimate of drug-likeness (QED) is 0.188. The number of nitrogens with zero attached hydrogens (tertiary/aromatic N) is 2. The van der Waals surface area contributed by atoms with Gasteiger partial charge < -0.3 is 0 Å². The van der Waals surface area contributed by atoms with Gasteiger partial charge in [-0.1, -0.05) is 74.9 Å². The van der Waals surface area contributed by atoms with Gasteiger partial charge >= 0.3 is 0 Å². The van der Waals surface area contributed by atoms with Crippen molar-refractivity contribution in [3.05, 3.63) is 64.7 Å². The molecule has 3 aliphatic rings. The van der Waals surface area contributed by atoms with Crippen molar-refractivity contribution in [1.29, 1.82) is 0 Å². The summed E-state index contributed by atoms with van der Waals surface area (Å²) in [5.41, 5.74) is 4.26. The van der Waals surface area contributed by atoms with Gasteiger partial charge in [-0.15, -0.1) is 11.8 Å². The summed E-state index contributed by atoms with van der Waals surface area (Å²) in [4.78, 5) is 41.8. The molecule has 2 aromatic rings. The van der Waals surface area contributed by atoms with Crippen LogP contribution in [0.15, 0.2) is 47.4 Å². The number of hydrogen-bond acceptors (Lipinski definition) is 6. The first kappa shape index (κ1) is 30.0. The molecule has 5 rings (SSSR count). The van der Waals surface area contributed by atoms with Gasteiger partial charge in [0.1, 0.15) is 6.29 Å². The number of likely N-dealkylation sites (N-methyl/N-ethyl adjacent to an activating group) is 1. The predicted octanol–water partition coefficient (Wildman–Crippen LogP) is 6.50. The van der Waals surface area contributed by atoms with E-state index < -0.39 is 0 Å². The van der Waals surface area contributed by atoms with Crippen LogP contribution in [0.4, 0.5) is 0 Å². The zero-order valence-corrected chi connectivity index (χ0v) is 25.3. The van der Waals surface area contributed by atoms with Gasteiger partial charge in [0.25, 0.3) is 0 Å². The van der Waals surface area contributed by atoms with Crippen LogP contribution in [0.3, 0.4) is 0 Å². The molecule has 3 fully saturated rings. The van der Waals surface area contributed by atoms with Crippen molar-refractivity contribution in [1.82, 2.24) is 15.1 Å². The molecule has 1 aliphatic heterocycles. The number of carbonyl (C=O) groups excluding carboxylic acids is 3. The predicted molar refractivity (Wildman–Crippen MR) is 165 cm³/mol. The van der Waals surface area contributed by atoms with Gasteiger partial charge in [0.2, 0.25) is 11.8 Å². The first-order valence-corrected chi connectivity index (χ1v) is 16.6. The largest absolute Gasteiger partial charge is 0.298 e. The number of benzene rings is 2. The zero-order chi connectivity index (χ0) is 28.6. The second-order valence-electron chi connectivity index (χ2n) is 12.2. The molecule has 2 aliphatic carbocycles. The fourth-order valence-corrected chi connectivity index (χ4v) is 8.00. The molecule has 0 bridgehead atoms. The molecule has 1 heterocycles. The van der Waals surface area contributed by atoms with Crippen molar-refractivity contribution in [3.8, 4) is 0 Å². The molecule has 1 saturated heterocycles. The van der Waals surface area contributed by atoms with E-state index in [0.717, 1.165) is 41.1 Å². The molecule has 220 valence electrons. The van der Waals surface area contributed by atoms with Crippen molar-refractivity contribution in [2.75, 3.05) is 7.05 Å². The summed E-state index contributed by atoms with van der Waals surface area (Å²) in [6, 6.07) is 16.1. The number of carbonyl (C=O) groups is 3. The molecule has 2 saturated carbocycles. The van der Waals surface area contributed by atoms with E-state index >= 15 is 0 Å². The fraction of sp³-hybridized carbons (Fsp3) is 0.559. The Kier molecular flexibility index (Phi) is 10.7. The van der Waals surface area contributed by atoms with Gasteiger partial charge in [-0.2, -0.15) is 0 Å². The lowest BCUT2D eigenvalue weighted by molar-refractivity contribution is -0.137. The standard InChI is InChI=1S/C34H45N3O3S/c1-36(31-19-20-33(39)35-34(31)40)22-30-27(23-38)9-8-14-32(30)41-24-26-17-15-25(16-18-26)21-37(28-10-4-2-5-11-28)29-12-6-3-7-13-29/h8-9,14-18,23,28-29,31H,2-7,10-13,19-22,24H2,1H3,(H,35,39,40). The van der Waals surface area contributed by atoms with Crippen molar-refractivity contribution in [2.24, 2.45) is 0 Å². The molecule has 2 amide bonds. The van der Waals surface area contributed by atoms with Gasteiger partial charge in [-0.05, 0) is 61.9 Å². The van der Waals surface area contributed by atoms with Crippen LogP contribution in [0.1, 0.15) is 104 Å². The van der Waals surface area contributed by atoms with Crippen molar-refractivity contribution in [2.45, 2.75) is 119 Å². The van der Waals surface area contributed by atoms with Crippen molar-refractivity contribution in [3.63, 3.8) is 0 Å². The minimum Gasteiger partial charge on any atom is -0.298 e. The topological polar surface area (TPSA) is 69.7 Å². The Hall–Kier alpha value is -2.48. The van der Waals surface area contributed by atoms with Gasteiger partial charge in [-0.3, -0.25) is 29.5 Å². The Morgan fingerprint density at radius 1 is 0.829 bits per heavy atom. The van der Waals surface area contributed by atoms with E-state index in [1.165, 1.54) is 75.3 Å². The summed E-state index contributed by atoms with van der Waals surface area (Å²) >= 11 is 1.73. The van der Waals surface area contributed by atoms with Crippen LogP contribution in [-0.4, -0.2) is 53.1 Å². The summed E-state index contributed by atoms with van der Waals surface area (Å²) in [5, 5.41) is 2.44. The second-order valence-corrected chi connectivity index (χ2v) is 13.2. The third kappa shape index (κ3) is 7.88. The minimum atomic E-state index is -0.375. The number of rotatable bonds is 11. The van der Waals surface area contributed by atoms with E-state index in [1.54, 1.807) is 11.8 Å². The molecule has 1 unspecified atom stereocenters. The van der Waals surface area contributed by atoms with Gasteiger partial charge in [0.05, 0.1) is 6.04 Å². The SMILES string of the molecule is CN(Cc1c(C=O)cccc1SCc1ccc(CN(C2CCCCC2)C2CCCCC2)cc1)C1CCC(=O)NC1=O. The first-order chi connectivity index (χ1) is 20.0. The number of amides is 2. The van der Waals surface area contributed by atoms with Crippen molar-refractivity contribution < 1.29 is 14.4 Å². The number of imide groups is 1. The molecular weight excluding hydrogens is 530 g/mol. The summed E-state index contributed by atoms with van der Waals surface area (Å²) in [6.07, 6.45) is 15.4. The van der Waals surface area contributed by atoms with Gasteiger partial charge in [0.15, 0.2) is 0 Å². The summed E-state index contributed by atoms with van der Waals surface area (Å²) in [5.74, 6) is 0.338. The van der Waals surface area contributed by atoms with Crippen LogP contribution < -0.4 is 5.32 Å². The maximum atomic E-state index is 12.4. The van der Waals surface area contributed by atoms with Crippen LogP contribution in [0.25, 0.3) is 0 Å². The van der Waals surface area contributed by atoms with E-state index in [4.69, 9.17) is 0 Å². The number of aldehydes is 1. The summed E-state index contributed by atoms with van der Waals surface area (Å²) < 4.78 is 0. The number of piperidine rings is 1. The highest BCUT2D eigenvalue weighted by molar-refractivity contribution is 7.98. The van der Waals surface area contributed by atoms with Gasteiger partial charge in [-0.25, -0.2) is 0 Å². The van der Waals surface area contributed by atoms with E-state index in [2.05, 4.69) is 40.5 Å². The molecule has 2 aromatic carbocycles. The van der Waals surface area contributed by atoms with Crippen LogP contribution in [0, 0.1) is 0 Å². The molecule has 7 heteroatoms. The molecule has 6 nitrogen and oxygen atoms in total. The van der Waals surface area contributed by atoms with Crippen LogP contribution in [0.2, 0.25) is 0 Å². The normalized spacial score (nSPS) is 20.9. The number of nitrogens with one attached hydrogen (secondary N) is 1. The lowest BCUT2D eigenvalue weighted by Crippen LogP contribution is -2.51. The maximum absolute atomic E-state index is 12.4. The van der Waals surface area contributed by atoms with E-state index in [9.17, 15) is 14.4 Å². The van der Waals surface area contributed by atoms with Crippen LogP contribution in [-0.2, 0) is 28.4 Å². The van der Waals surface area contributed by atoms with Crippen molar-refractivity contribution >= 4 is 29.9 Å². The highest BCUT2D eigenvalue weighted by Crippen LogP contribution is 2.33. The van der Waals surface area contributed by atoms with E-state index in [-0.39, 0.29) is 17.9 Å². The van der Waals surface area contributed by atoms with Crippen LogP contribution in [0.5, 0.6) is 0 Å². The molecule has 0 spiro atoms. The molecule has 0 aromatic heterocycles. The Morgan fingerprint density at radius 3 is 2.07 bits per heavy atom. The second kappa shape index (κ2) is 14.6. The Balaban J connectivity index is 1.23. The average molecular weight is 576 g/mol. The number of hydrogen-bond donors (Lipinski definition) is 1. The third-order valence-electron chi connectivity index (χ3n) is 9.32. The average Bonchev–Trinajstić information content (AvgIpc) is 3.00. The van der Waals surface area contributed by atoms with Gasteiger partial charge in [0, 0.05) is 47.8 Å². The number of thioether (sulfide) groups is 1. The lowest BCUT2D eigenvalue weighted by atomic mass is 9.88. The molecular formula is C34H45N3O3S. The maximum Gasteiger partial charge on any atom is 0.243 e. The Bertz CT molecular complexity index is 1170. The molecule has 0 radical (unpaired) electrons. The Morgan fingerprint density at radius 2 is 1.46 bits per heavy atom. The molecule has 1 atom stereocenters. The highest BCUT2D eigenvalue weighted by atomic mass is 32.2. The lowest BCUT2D eigenvalue weighted by Gasteiger charge is -2.41. The molecule has 1 N–H and O–H groups in total. The third-order valence-corrected chi connectivity index (χ3v) is 10.5. The monoisotopic (exact) mass is 575 g/mol. The van der Waals surface area contributed by atoms with E-state index in [1.807, 2.05) is 24.1 Å². The van der Waals surface area contributed by atoms with E-state index in [0.29, 0.717) is 24.9 Å². The Labute approximate surface area is 249 Å². The fourth-order valence-electron chi connectivity index (χ4n) is 6.95. The summed E-state index contributed by atoms with van der Waals surface area (Å²) in [7, 11) is 1.89. The minimum absolute atomic E-state index is 0.217. The summed E-state index contributed by atoms with van der Waals surface area (Å²) in [6.45, 7) is 1.53.